The fourth-order valence-corrected chi connectivity index (χ4v) is 1.78. The van der Waals surface area contributed by atoms with E-state index in [2.05, 4.69) is 10.6 Å². The van der Waals surface area contributed by atoms with Crippen LogP contribution in [0, 0.1) is 5.92 Å². The zero-order valence-corrected chi connectivity index (χ0v) is 13.2. The van der Waals surface area contributed by atoms with Crippen LogP contribution >= 0.6 is 37.2 Å². The van der Waals surface area contributed by atoms with Gasteiger partial charge in [-0.2, -0.15) is 0 Å². The van der Waals surface area contributed by atoms with Gasteiger partial charge in [0.2, 0.25) is 0 Å². The molecule has 0 spiro atoms. The van der Waals surface area contributed by atoms with Gasteiger partial charge in [0.05, 0.1) is 0 Å². The maximum Gasteiger partial charge on any atom is 0.404 e. The number of nitrogens with one attached hydrogen (secondary N) is 2. The van der Waals surface area contributed by atoms with Gasteiger partial charge in [0.15, 0.2) is 0 Å². The zero-order valence-electron chi connectivity index (χ0n) is 10.7. The molecule has 0 aromatic carbocycles. The van der Waals surface area contributed by atoms with Crippen molar-refractivity contribution < 1.29 is 9.90 Å². The van der Waals surface area contributed by atoms with Crippen molar-refractivity contribution >= 4 is 43.3 Å². The second kappa shape index (κ2) is 13.0. The molecule has 0 aromatic rings. The smallest absolute Gasteiger partial charge is 0.404 e. The first kappa shape index (κ1) is 24.1. The number of rotatable bonds is 8. The molecule has 1 aliphatic rings. The van der Waals surface area contributed by atoms with Crippen molar-refractivity contribution in [2.75, 3.05) is 19.6 Å². The molecule has 2 atom stereocenters. The van der Waals surface area contributed by atoms with E-state index in [9.17, 15) is 4.79 Å². The predicted molar refractivity (Wildman–Crippen MR) is 83.9 cm³/mol. The first-order valence-electron chi connectivity index (χ1n) is 5.81. The average molecular weight is 340 g/mol. The van der Waals surface area contributed by atoms with Crippen molar-refractivity contribution in [3.8, 4) is 0 Å². The first-order chi connectivity index (χ1) is 7.63. The standard InChI is InChI=1S/C10H22N4O2.3ClH/c11-8-7(9(8)12)3-6-13-4-1-2-5-14-10(15)16;;;/h7-9,13-14H,1-6,11-12H2,(H,15,16);3*1H. The minimum atomic E-state index is -0.954. The van der Waals surface area contributed by atoms with Crippen LogP contribution in [-0.4, -0.2) is 42.9 Å². The topological polar surface area (TPSA) is 113 Å². The van der Waals surface area contributed by atoms with Gasteiger partial charge in [-0.05, 0) is 38.3 Å². The molecule has 1 amide bonds. The number of unbranched alkanes of at least 4 members (excludes halogenated alkanes) is 1. The molecule has 1 aliphatic carbocycles. The molecule has 0 heterocycles. The lowest BCUT2D eigenvalue weighted by molar-refractivity contribution is 0.194. The molecule has 7 N–H and O–H groups in total. The van der Waals surface area contributed by atoms with Crippen LogP contribution in [-0.2, 0) is 0 Å². The quantitative estimate of drug-likeness (QED) is 0.415. The van der Waals surface area contributed by atoms with Gasteiger partial charge in [-0.25, -0.2) is 4.79 Å². The Morgan fingerprint density at radius 3 is 2.00 bits per heavy atom. The summed E-state index contributed by atoms with van der Waals surface area (Å²) >= 11 is 0. The van der Waals surface area contributed by atoms with Crippen molar-refractivity contribution in [1.82, 2.24) is 10.6 Å². The van der Waals surface area contributed by atoms with Crippen LogP contribution in [0.5, 0.6) is 0 Å². The number of carboxylic acid groups (broad SMARTS) is 1. The summed E-state index contributed by atoms with van der Waals surface area (Å²) in [6, 6.07) is 0.392. The summed E-state index contributed by atoms with van der Waals surface area (Å²) in [5.74, 6) is 0.487. The van der Waals surface area contributed by atoms with Crippen LogP contribution in [0.2, 0.25) is 0 Å². The first-order valence-corrected chi connectivity index (χ1v) is 5.81. The molecule has 9 heteroatoms. The minimum Gasteiger partial charge on any atom is -0.465 e. The molecule has 0 radical (unpaired) electrons. The summed E-state index contributed by atoms with van der Waals surface area (Å²) in [4.78, 5) is 10.1. The van der Waals surface area contributed by atoms with Gasteiger partial charge in [0.25, 0.3) is 0 Å². The Balaban J connectivity index is -0.000000853. The maximum atomic E-state index is 10.1. The van der Waals surface area contributed by atoms with Gasteiger partial charge in [-0.3, -0.25) is 0 Å². The number of hydrogen-bond acceptors (Lipinski definition) is 4. The monoisotopic (exact) mass is 338 g/mol. The summed E-state index contributed by atoms with van der Waals surface area (Å²) in [6.07, 6.45) is 1.92. The number of amides is 1. The van der Waals surface area contributed by atoms with E-state index in [4.69, 9.17) is 16.6 Å². The predicted octanol–water partition coefficient (Wildman–Crippen LogP) is 0.564. The zero-order chi connectivity index (χ0) is 12.0. The Kier molecular flexibility index (Phi) is 16.5. The van der Waals surface area contributed by atoms with Gasteiger partial charge >= 0.3 is 6.09 Å². The SMILES string of the molecule is Cl.Cl.Cl.NC1C(N)C1CCNCCCCNC(=O)O. The van der Waals surface area contributed by atoms with Crippen molar-refractivity contribution in [1.29, 1.82) is 0 Å². The highest BCUT2D eigenvalue weighted by atomic mass is 35.5. The molecule has 0 aromatic heterocycles. The summed E-state index contributed by atoms with van der Waals surface area (Å²) in [5.41, 5.74) is 11.4. The van der Waals surface area contributed by atoms with Crippen LogP contribution in [0.25, 0.3) is 0 Å². The Bertz CT molecular complexity index is 229. The fraction of sp³-hybridized carbons (Fsp3) is 0.900. The summed E-state index contributed by atoms with van der Waals surface area (Å²) < 4.78 is 0. The molecule has 0 bridgehead atoms. The van der Waals surface area contributed by atoms with E-state index in [0.717, 1.165) is 32.4 Å². The van der Waals surface area contributed by atoms with Crippen LogP contribution in [0.15, 0.2) is 0 Å². The molecule has 2 unspecified atom stereocenters. The molecule has 1 fully saturated rings. The number of halogens is 3. The molecule has 19 heavy (non-hydrogen) atoms. The maximum absolute atomic E-state index is 10.1. The van der Waals surface area contributed by atoms with E-state index < -0.39 is 6.09 Å². The van der Waals surface area contributed by atoms with E-state index >= 15 is 0 Å². The number of hydrogen-bond donors (Lipinski definition) is 5. The van der Waals surface area contributed by atoms with E-state index in [1.54, 1.807) is 0 Å². The Morgan fingerprint density at radius 2 is 1.53 bits per heavy atom. The van der Waals surface area contributed by atoms with Crippen LogP contribution in [0.4, 0.5) is 4.79 Å². The highest BCUT2D eigenvalue weighted by molar-refractivity contribution is 5.86. The Hall–Kier alpha value is 0.0200. The Labute approximate surface area is 132 Å². The fourth-order valence-electron chi connectivity index (χ4n) is 1.78. The summed E-state index contributed by atoms with van der Waals surface area (Å²) in [7, 11) is 0. The highest BCUT2D eigenvalue weighted by Gasteiger charge is 2.43. The van der Waals surface area contributed by atoms with Crippen LogP contribution in [0.1, 0.15) is 19.3 Å². The lowest BCUT2D eigenvalue weighted by Gasteiger charge is -2.04. The van der Waals surface area contributed by atoms with E-state index in [1.165, 1.54) is 0 Å². The minimum absolute atomic E-state index is 0. The number of nitrogens with two attached hydrogens (primary N) is 2. The van der Waals surface area contributed by atoms with Gasteiger partial charge in [0.1, 0.15) is 0 Å². The van der Waals surface area contributed by atoms with E-state index in [-0.39, 0.29) is 49.3 Å². The molecule has 0 saturated heterocycles. The van der Waals surface area contributed by atoms with Gasteiger partial charge in [-0.15, -0.1) is 37.2 Å². The van der Waals surface area contributed by atoms with Crippen molar-refractivity contribution in [3.05, 3.63) is 0 Å². The third kappa shape index (κ3) is 10.5. The third-order valence-electron chi connectivity index (χ3n) is 3.00. The van der Waals surface area contributed by atoms with Crippen LogP contribution in [0.3, 0.4) is 0 Å². The van der Waals surface area contributed by atoms with Crippen molar-refractivity contribution in [3.63, 3.8) is 0 Å². The molecular weight excluding hydrogens is 314 g/mol. The normalized spacial score (nSPS) is 23.4. The van der Waals surface area contributed by atoms with E-state index in [0.29, 0.717) is 12.5 Å². The molecule has 1 saturated carbocycles. The number of carbonyl (C=O) groups is 1. The third-order valence-corrected chi connectivity index (χ3v) is 3.00. The lowest BCUT2D eigenvalue weighted by Crippen LogP contribution is -2.23. The van der Waals surface area contributed by atoms with Crippen LogP contribution < -0.4 is 22.1 Å². The van der Waals surface area contributed by atoms with Crippen molar-refractivity contribution in [2.24, 2.45) is 17.4 Å². The molecule has 118 valence electrons. The molecule has 6 nitrogen and oxygen atoms in total. The lowest BCUT2D eigenvalue weighted by atomic mass is 10.2. The molecule has 1 rings (SSSR count). The second-order valence-electron chi connectivity index (χ2n) is 4.30. The summed E-state index contributed by atoms with van der Waals surface area (Å²) in [6.45, 7) is 2.38. The molecule has 0 aliphatic heterocycles. The Morgan fingerprint density at radius 1 is 1.00 bits per heavy atom. The van der Waals surface area contributed by atoms with Crippen molar-refractivity contribution in [2.45, 2.75) is 31.3 Å². The molecular formula is C10H25Cl3N4O2. The summed E-state index contributed by atoms with van der Waals surface area (Å²) in [5, 5.41) is 14.0. The van der Waals surface area contributed by atoms with Gasteiger partial charge in [0, 0.05) is 18.6 Å². The highest BCUT2D eigenvalue weighted by Crippen LogP contribution is 2.29. The van der Waals surface area contributed by atoms with Gasteiger partial charge < -0.3 is 27.2 Å². The largest absolute Gasteiger partial charge is 0.465 e. The van der Waals surface area contributed by atoms with Gasteiger partial charge in [-0.1, -0.05) is 0 Å². The second-order valence-corrected chi connectivity index (χ2v) is 4.30. The average Bonchev–Trinajstić information content (AvgIpc) is 2.79. The van der Waals surface area contributed by atoms with E-state index in [1.807, 2.05) is 0 Å².